The van der Waals surface area contributed by atoms with Gasteiger partial charge in [-0.2, -0.15) is 0 Å². The number of carbonyl (C=O) groups is 1. The molecule has 3 atom stereocenters. The van der Waals surface area contributed by atoms with Gasteiger partial charge in [-0.1, -0.05) is 35.6 Å². The number of piperidine rings is 1. The molecule has 6 heteroatoms. The van der Waals surface area contributed by atoms with Crippen molar-refractivity contribution < 1.29 is 9.53 Å². The van der Waals surface area contributed by atoms with Crippen LogP contribution in [0.1, 0.15) is 38.2 Å². The van der Waals surface area contributed by atoms with Gasteiger partial charge in [0.05, 0.1) is 10.2 Å². The van der Waals surface area contributed by atoms with E-state index in [0.29, 0.717) is 23.3 Å². The predicted molar refractivity (Wildman–Crippen MR) is 120 cm³/mol. The van der Waals surface area contributed by atoms with Gasteiger partial charge in [-0.3, -0.25) is 9.69 Å². The minimum atomic E-state index is 0.243. The van der Waals surface area contributed by atoms with Crippen molar-refractivity contribution in [2.75, 3.05) is 7.05 Å². The molecule has 1 unspecified atom stereocenters. The minimum Gasteiger partial charge on any atom is -0.431 e. The molecule has 0 aliphatic carbocycles. The van der Waals surface area contributed by atoms with E-state index in [-0.39, 0.29) is 5.91 Å². The van der Waals surface area contributed by atoms with Crippen LogP contribution in [0.15, 0.2) is 48.5 Å². The normalized spacial score (nSPS) is 23.3. The van der Waals surface area contributed by atoms with Crippen LogP contribution in [-0.4, -0.2) is 45.9 Å². The first-order valence-electron chi connectivity index (χ1n) is 10.7. The van der Waals surface area contributed by atoms with Crippen LogP contribution in [-0.2, 0) is 11.3 Å². The van der Waals surface area contributed by atoms with E-state index in [0.717, 1.165) is 48.2 Å². The molecule has 0 saturated carbocycles. The molecule has 2 aliphatic heterocycles. The summed E-state index contributed by atoms with van der Waals surface area (Å²) >= 11 is 1.56. The van der Waals surface area contributed by atoms with Gasteiger partial charge in [0.2, 0.25) is 5.91 Å². The van der Waals surface area contributed by atoms with E-state index >= 15 is 0 Å². The van der Waals surface area contributed by atoms with Gasteiger partial charge < -0.3 is 9.64 Å². The Morgan fingerprint density at radius 2 is 1.83 bits per heavy atom. The van der Waals surface area contributed by atoms with Crippen LogP contribution in [0.2, 0.25) is 0 Å². The number of rotatable bonds is 5. The fraction of sp³-hybridized carbons (Fsp3) is 0.417. The van der Waals surface area contributed by atoms with Crippen molar-refractivity contribution in [2.24, 2.45) is 0 Å². The Morgan fingerprint density at radius 3 is 2.50 bits per heavy atom. The molecule has 0 radical (unpaired) electrons. The Balaban J connectivity index is 1.20. The molecule has 2 aromatic carbocycles. The van der Waals surface area contributed by atoms with E-state index in [1.165, 1.54) is 5.56 Å². The monoisotopic (exact) mass is 421 g/mol. The maximum absolute atomic E-state index is 11.9. The SMILES string of the molecule is CC(=O)N1[C@@H]2CC[C@H]1CC(N(C)Cc1ccc(Oc3nc4ccccc4s3)cc1)C2. The lowest BCUT2D eigenvalue weighted by Gasteiger charge is -2.42. The molecule has 0 N–H and O–H groups in total. The number of hydrogen-bond acceptors (Lipinski definition) is 5. The molecule has 3 aromatic rings. The third-order valence-corrected chi connectivity index (χ3v) is 7.44. The third kappa shape index (κ3) is 3.82. The zero-order valence-corrected chi connectivity index (χ0v) is 18.3. The van der Waals surface area contributed by atoms with Crippen LogP contribution in [0.25, 0.3) is 10.2 Å². The van der Waals surface area contributed by atoms with Crippen LogP contribution in [0.3, 0.4) is 0 Å². The number of nitrogens with zero attached hydrogens (tertiary/aromatic N) is 3. The summed E-state index contributed by atoms with van der Waals surface area (Å²) in [6.45, 7) is 2.62. The fourth-order valence-electron chi connectivity index (χ4n) is 5.10. The summed E-state index contributed by atoms with van der Waals surface area (Å²) in [5, 5.41) is 0.675. The lowest BCUT2D eigenvalue weighted by molar-refractivity contribution is -0.134. The second-order valence-corrected chi connectivity index (χ2v) is 9.54. The maximum atomic E-state index is 11.9. The Labute approximate surface area is 181 Å². The van der Waals surface area contributed by atoms with E-state index in [1.807, 2.05) is 30.3 Å². The highest BCUT2D eigenvalue weighted by atomic mass is 32.1. The van der Waals surface area contributed by atoms with Crippen LogP contribution in [0.4, 0.5) is 0 Å². The fourth-order valence-corrected chi connectivity index (χ4v) is 5.93. The summed E-state index contributed by atoms with van der Waals surface area (Å²) < 4.78 is 7.10. The molecule has 2 bridgehead atoms. The van der Waals surface area contributed by atoms with Crippen LogP contribution in [0, 0.1) is 0 Å². The summed E-state index contributed by atoms with van der Waals surface area (Å²) in [6, 6.07) is 17.8. The number of thiazole rings is 1. The average Bonchev–Trinajstić information content (AvgIpc) is 3.26. The van der Waals surface area contributed by atoms with Gasteiger partial charge in [-0.25, -0.2) is 4.98 Å². The zero-order chi connectivity index (χ0) is 20.7. The molecule has 156 valence electrons. The average molecular weight is 422 g/mol. The molecule has 2 fully saturated rings. The Hall–Kier alpha value is -2.44. The molecular weight excluding hydrogens is 394 g/mol. The standard InChI is InChI=1S/C24H27N3O2S/c1-16(28)27-18-9-10-19(27)14-20(13-18)26(2)15-17-7-11-21(12-8-17)29-24-25-22-5-3-4-6-23(22)30-24/h3-8,11-12,18-20H,9-10,13-15H2,1-2H3/t18-,19+,20?. The van der Waals surface area contributed by atoms with E-state index in [9.17, 15) is 4.79 Å². The molecule has 3 heterocycles. The minimum absolute atomic E-state index is 0.243. The van der Waals surface area contributed by atoms with Crippen LogP contribution >= 0.6 is 11.3 Å². The molecule has 2 aliphatic rings. The molecule has 2 saturated heterocycles. The number of amides is 1. The molecule has 5 rings (SSSR count). The van der Waals surface area contributed by atoms with E-state index in [1.54, 1.807) is 18.3 Å². The van der Waals surface area contributed by atoms with Crippen LogP contribution in [0.5, 0.6) is 10.9 Å². The summed E-state index contributed by atoms with van der Waals surface area (Å²) in [5.41, 5.74) is 2.25. The van der Waals surface area contributed by atoms with E-state index in [4.69, 9.17) is 4.74 Å². The molecule has 0 spiro atoms. The Morgan fingerprint density at radius 1 is 1.13 bits per heavy atom. The second-order valence-electron chi connectivity index (χ2n) is 8.55. The second kappa shape index (κ2) is 8.00. The van der Waals surface area contributed by atoms with Gasteiger partial charge in [-0.15, -0.1) is 0 Å². The third-order valence-electron chi connectivity index (χ3n) is 6.53. The maximum Gasteiger partial charge on any atom is 0.279 e. The Kier molecular flexibility index (Phi) is 5.21. The van der Waals surface area contributed by atoms with Crippen molar-refractivity contribution in [3.63, 3.8) is 0 Å². The van der Waals surface area contributed by atoms with E-state index < -0.39 is 0 Å². The largest absolute Gasteiger partial charge is 0.431 e. The topological polar surface area (TPSA) is 45.7 Å². The first-order chi connectivity index (χ1) is 14.6. The molecular formula is C24H27N3O2S. The number of benzene rings is 2. The number of fused-ring (bicyclic) bond motifs is 3. The van der Waals surface area contributed by atoms with Gasteiger partial charge in [0.1, 0.15) is 5.75 Å². The van der Waals surface area contributed by atoms with Crippen molar-refractivity contribution in [1.82, 2.24) is 14.8 Å². The van der Waals surface area contributed by atoms with Gasteiger partial charge in [0.15, 0.2) is 0 Å². The summed E-state index contributed by atoms with van der Waals surface area (Å²) in [7, 11) is 2.21. The first-order valence-corrected chi connectivity index (χ1v) is 11.5. The molecule has 1 aromatic heterocycles. The van der Waals surface area contributed by atoms with Crippen molar-refractivity contribution in [3.05, 3.63) is 54.1 Å². The smallest absolute Gasteiger partial charge is 0.279 e. The lowest BCUT2D eigenvalue weighted by Crippen LogP contribution is -2.51. The van der Waals surface area contributed by atoms with Gasteiger partial charge in [-0.05, 0) is 62.6 Å². The highest BCUT2D eigenvalue weighted by Gasteiger charge is 2.42. The first kappa shape index (κ1) is 19.5. The number of aromatic nitrogens is 1. The zero-order valence-electron chi connectivity index (χ0n) is 17.5. The molecule has 1 amide bonds. The lowest BCUT2D eigenvalue weighted by atomic mass is 9.95. The number of carbonyl (C=O) groups excluding carboxylic acids is 1. The molecule has 30 heavy (non-hydrogen) atoms. The van der Waals surface area contributed by atoms with Gasteiger partial charge in [0, 0.05) is 31.6 Å². The van der Waals surface area contributed by atoms with Crippen LogP contribution < -0.4 is 4.74 Å². The summed E-state index contributed by atoms with van der Waals surface area (Å²) in [5.74, 6) is 1.06. The number of para-hydroxylation sites is 1. The molecule has 5 nitrogen and oxygen atoms in total. The van der Waals surface area contributed by atoms with Crippen molar-refractivity contribution in [2.45, 2.75) is 57.3 Å². The highest BCUT2D eigenvalue weighted by Crippen LogP contribution is 2.38. The highest BCUT2D eigenvalue weighted by molar-refractivity contribution is 7.20. The number of ether oxygens (including phenoxy) is 1. The van der Waals surface area contributed by atoms with Gasteiger partial charge in [0.25, 0.3) is 5.19 Å². The summed E-state index contributed by atoms with van der Waals surface area (Å²) in [4.78, 5) is 21.1. The summed E-state index contributed by atoms with van der Waals surface area (Å²) in [6.07, 6.45) is 4.50. The van der Waals surface area contributed by atoms with Gasteiger partial charge >= 0.3 is 0 Å². The quantitative estimate of drug-likeness (QED) is 0.577. The Bertz CT molecular complexity index is 1000. The predicted octanol–water partition coefficient (Wildman–Crippen LogP) is 5.06. The van der Waals surface area contributed by atoms with Crippen molar-refractivity contribution >= 4 is 27.5 Å². The number of hydrogen-bond donors (Lipinski definition) is 0. The van der Waals surface area contributed by atoms with Crippen molar-refractivity contribution in [3.8, 4) is 10.9 Å². The van der Waals surface area contributed by atoms with Crippen molar-refractivity contribution in [1.29, 1.82) is 0 Å². The van der Waals surface area contributed by atoms with E-state index in [2.05, 4.69) is 40.0 Å².